The first kappa shape index (κ1) is 28.6. The molecule has 0 spiro atoms. The standard InChI is InChI=1S/C33H34NO6P/c1-39-32(37)27-28(33(38)40-2)30(35)34(23-15-7-3-8-16-23)31(36)29(27)41(24-17-9-4-10-18-24,25-19-11-5-12-20-25)26-21-13-6-14-22-26/h4-6,9-14,17-23,27-28H,3,7-8,15-16H2,1-2H3. The summed E-state index contributed by atoms with van der Waals surface area (Å²) in [4.78, 5) is 57.6. The summed E-state index contributed by atoms with van der Waals surface area (Å²) in [5, 5.41) is 2.71. The predicted molar refractivity (Wildman–Crippen MR) is 160 cm³/mol. The van der Waals surface area contributed by atoms with Crippen molar-refractivity contribution in [1.82, 2.24) is 4.90 Å². The van der Waals surface area contributed by atoms with Crippen LogP contribution in [0.25, 0.3) is 0 Å². The number of hydrogen-bond acceptors (Lipinski definition) is 6. The molecule has 1 aliphatic heterocycles. The van der Waals surface area contributed by atoms with Crippen LogP contribution in [0.4, 0.5) is 0 Å². The van der Waals surface area contributed by atoms with Gasteiger partial charge in [0.1, 0.15) is 5.92 Å². The molecule has 41 heavy (non-hydrogen) atoms. The fourth-order valence-corrected chi connectivity index (χ4v) is 11.1. The molecule has 5 rings (SSSR count). The van der Waals surface area contributed by atoms with E-state index in [0.717, 1.165) is 35.2 Å². The van der Waals surface area contributed by atoms with Crippen LogP contribution >= 0.6 is 6.89 Å². The molecule has 2 amide bonds. The SMILES string of the molecule is COC(=O)C1C(=O)N(C2CCCCC2)C(=O)C(=P(c2ccccc2)(c2ccccc2)c2ccccc2)C1C(=O)OC. The number of rotatable bonds is 6. The van der Waals surface area contributed by atoms with Gasteiger partial charge in [-0.1, -0.05) is 110 Å². The lowest BCUT2D eigenvalue weighted by molar-refractivity contribution is -0.166. The summed E-state index contributed by atoms with van der Waals surface area (Å²) in [5.74, 6) is -5.88. The molecule has 212 valence electrons. The topological polar surface area (TPSA) is 90.0 Å². The summed E-state index contributed by atoms with van der Waals surface area (Å²) < 4.78 is 10.4. The number of amides is 2. The Kier molecular flexibility index (Phi) is 8.55. The van der Waals surface area contributed by atoms with E-state index in [1.165, 1.54) is 19.1 Å². The number of piperidine rings is 1. The van der Waals surface area contributed by atoms with Gasteiger partial charge in [0.05, 0.1) is 14.2 Å². The fraction of sp³-hybridized carbons (Fsp3) is 0.303. The molecular weight excluding hydrogens is 537 g/mol. The normalized spacial score (nSPS) is 20.0. The van der Waals surface area contributed by atoms with E-state index in [1.807, 2.05) is 91.0 Å². The number of nitrogens with zero attached hydrogens (tertiary/aromatic N) is 1. The Bertz CT molecular complexity index is 1380. The molecule has 3 aromatic rings. The molecule has 0 aromatic heterocycles. The minimum absolute atomic E-state index is 0.216. The van der Waals surface area contributed by atoms with E-state index < -0.39 is 42.5 Å². The van der Waals surface area contributed by atoms with Crippen LogP contribution in [-0.2, 0) is 28.7 Å². The molecule has 2 atom stereocenters. The maximum absolute atomic E-state index is 15.0. The zero-order valence-corrected chi connectivity index (χ0v) is 24.2. The molecule has 2 aliphatic rings. The van der Waals surface area contributed by atoms with Crippen molar-refractivity contribution in [2.45, 2.75) is 38.1 Å². The van der Waals surface area contributed by atoms with Crippen LogP contribution in [0.3, 0.4) is 0 Å². The van der Waals surface area contributed by atoms with Crippen molar-refractivity contribution < 1.29 is 28.7 Å². The number of ether oxygens (including phenoxy) is 2. The number of benzene rings is 3. The average molecular weight is 572 g/mol. The first-order valence-electron chi connectivity index (χ1n) is 13.9. The average Bonchev–Trinajstić information content (AvgIpc) is 3.03. The van der Waals surface area contributed by atoms with Crippen LogP contribution in [-0.4, -0.2) is 54.2 Å². The number of carbonyl (C=O) groups is 4. The lowest BCUT2D eigenvalue weighted by Gasteiger charge is -2.44. The number of methoxy groups -OCH3 is 2. The van der Waals surface area contributed by atoms with Crippen LogP contribution in [0.5, 0.6) is 0 Å². The first-order valence-corrected chi connectivity index (χ1v) is 15.7. The van der Waals surface area contributed by atoms with E-state index in [0.29, 0.717) is 12.8 Å². The van der Waals surface area contributed by atoms with Crippen LogP contribution in [0.15, 0.2) is 91.0 Å². The molecule has 7 nitrogen and oxygen atoms in total. The lowest BCUT2D eigenvalue weighted by Crippen LogP contribution is -2.63. The van der Waals surface area contributed by atoms with Crippen LogP contribution in [0.1, 0.15) is 32.1 Å². The van der Waals surface area contributed by atoms with Crippen LogP contribution in [0.2, 0.25) is 0 Å². The summed E-state index contributed by atoms with van der Waals surface area (Å²) in [6.07, 6.45) is 4.06. The summed E-state index contributed by atoms with van der Waals surface area (Å²) in [6, 6.07) is 28.5. The minimum Gasteiger partial charge on any atom is -0.469 e. The third-order valence-electron chi connectivity index (χ3n) is 8.21. The van der Waals surface area contributed by atoms with Gasteiger partial charge in [-0.25, -0.2) is 0 Å². The van der Waals surface area contributed by atoms with E-state index in [4.69, 9.17) is 9.47 Å². The van der Waals surface area contributed by atoms with E-state index >= 15 is 4.79 Å². The zero-order chi connectivity index (χ0) is 29.0. The number of carbonyl (C=O) groups excluding carboxylic acids is 4. The van der Waals surface area contributed by atoms with Gasteiger partial charge in [0.25, 0.3) is 5.91 Å². The highest BCUT2D eigenvalue weighted by atomic mass is 31.2. The van der Waals surface area contributed by atoms with Crippen molar-refractivity contribution >= 4 is 51.8 Å². The Hall–Kier alpha value is -3.96. The Labute approximate surface area is 240 Å². The maximum Gasteiger partial charge on any atom is 0.319 e. The van der Waals surface area contributed by atoms with Gasteiger partial charge in [0, 0.05) is 11.3 Å². The lowest BCUT2D eigenvalue weighted by atomic mass is 9.81. The third-order valence-corrected chi connectivity index (χ3v) is 12.6. The highest BCUT2D eigenvalue weighted by Gasteiger charge is 2.57. The van der Waals surface area contributed by atoms with Crippen molar-refractivity contribution in [3.8, 4) is 0 Å². The molecular formula is C33H34NO6P. The minimum atomic E-state index is -3.15. The second kappa shape index (κ2) is 12.3. The Balaban J connectivity index is 2.01. The zero-order valence-electron chi connectivity index (χ0n) is 23.3. The van der Waals surface area contributed by atoms with Crippen molar-refractivity contribution in [2.24, 2.45) is 11.8 Å². The van der Waals surface area contributed by atoms with Gasteiger partial charge in [0.15, 0.2) is 5.92 Å². The molecule has 2 fully saturated rings. The molecule has 8 heteroatoms. The van der Waals surface area contributed by atoms with Crippen molar-refractivity contribution in [3.05, 3.63) is 91.0 Å². The molecule has 1 aliphatic carbocycles. The Morgan fingerprint density at radius 3 is 1.49 bits per heavy atom. The maximum atomic E-state index is 15.0. The summed E-state index contributed by atoms with van der Waals surface area (Å²) in [6.45, 7) is -3.15. The second-order valence-corrected chi connectivity index (χ2v) is 13.7. The highest BCUT2D eigenvalue weighted by Crippen LogP contribution is 2.51. The van der Waals surface area contributed by atoms with Gasteiger partial charge in [-0.2, -0.15) is 0 Å². The largest absolute Gasteiger partial charge is 0.469 e. The smallest absolute Gasteiger partial charge is 0.319 e. The molecule has 3 aromatic carbocycles. The van der Waals surface area contributed by atoms with Gasteiger partial charge < -0.3 is 9.47 Å². The van der Waals surface area contributed by atoms with Crippen LogP contribution < -0.4 is 15.9 Å². The molecule has 1 saturated heterocycles. The van der Waals surface area contributed by atoms with Crippen molar-refractivity contribution in [2.75, 3.05) is 14.2 Å². The van der Waals surface area contributed by atoms with Gasteiger partial charge in [-0.15, -0.1) is 0 Å². The molecule has 2 unspecified atom stereocenters. The van der Waals surface area contributed by atoms with E-state index in [9.17, 15) is 14.4 Å². The van der Waals surface area contributed by atoms with Gasteiger partial charge in [-0.3, -0.25) is 24.1 Å². The van der Waals surface area contributed by atoms with Gasteiger partial charge in [0.2, 0.25) is 5.91 Å². The quantitative estimate of drug-likeness (QED) is 0.195. The molecule has 0 bridgehead atoms. The van der Waals surface area contributed by atoms with Gasteiger partial charge in [-0.05, 0) is 35.6 Å². The van der Waals surface area contributed by atoms with Crippen molar-refractivity contribution in [1.29, 1.82) is 0 Å². The molecule has 0 N–H and O–H groups in total. The monoisotopic (exact) mass is 571 g/mol. The fourth-order valence-electron chi connectivity index (χ4n) is 6.40. The molecule has 1 heterocycles. The predicted octanol–water partition coefficient (Wildman–Crippen LogP) is 3.43. The summed E-state index contributed by atoms with van der Waals surface area (Å²) in [5.41, 5.74) is 0. The van der Waals surface area contributed by atoms with E-state index in [-0.39, 0.29) is 11.3 Å². The van der Waals surface area contributed by atoms with Crippen molar-refractivity contribution in [3.63, 3.8) is 0 Å². The summed E-state index contributed by atoms with van der Waals surface area (Å²) >= 11 is 0. The first-order chi connectivity index (χ1) is 20.0. The second-order valence-electron chi connectivity index (χ2n) is 10.4. The highest BCUT2D eigenvalue weighted by molar-refractivity contribution is 7.96. The molecule has 0 radical (unpaired) electrons. The number of imide groups is 1. The number of esters is 2. The number of likely N-dealkylation sites (tertiary alicyclic amines) is 1. The van der Waals surface area contributed by atoms with Crippen LogP contribution in [0, 0.1) is 11.8 Å². The van der Waals surface area contributed by atoms with E-state index in [2.05, 4.69) is 0 Å². The third kappa shape index (κ3) is 4.93. The Morgan fingerprint density at radius 1 is 0.659 bits per heavy atom. The van der Waals surface area contributed by atoms with Gasteiger partial charge >= 0.3 is 11.9 Å². The van der Waals surface area contributed by atoms with E-state index in [1.54, 1.807) is 0 Å². The number of hydrogen-bond donors (Lipinski definition) is 0. The Morgan fingerprint density at radius 2 is 1.07 bits per heavy atom. The summed E-state index contributed by atoms with van der Waals surface area (Å²) in [7, 11) is 2.41. The molecule has 1 saturated carbocycles.